The quantitative estimate of drug-likeness (QED) is 0.879. The molecule has 0 spiro atoms. The highest BCUT2D eigenvalue weighted by Gasteiger charge is 2.28. The second-order valence-electron chi connectivity index (χ2n) is 6.89. The highest BCUT2D eigenvalue weighted by Crippen LogP contribution is 2.24. The van der Waals surface area contributed by atoms with E-state index in [0.717, 1.165) is 58.8 Å². The van der Waals surface area contributed by atoms with Crippen LogP contribution in [-0.2, 0) is 17.8 Å². The topological polar surface area (TPSA) is 38.8 Å². The number of thiophene rings is 1. The molecule has 23 heavy (non-hydrogen) atoms. The average molecular weight is 334 g/mol. The maximum Gasteiger partial charge on any atom is 0.237 e. The molecular formula is C17H26N4OS. The summed E-state index contributed by atoms with van der Waals surface area (Å²) in [5, 5.41) is 5.60. The van der Waals surface area contributed by atoms with E-state index in [4.69, 9.17) is 0 Å². The van der Waals surface area contributed by atoms with Gasteiger partial charge in [-0.25, -0.2) is 0 Å². The minimum atomic E-state index is 0.304. The molecule has 2 saturated heterocycles. The molecule has 6 heteroatoms. The van der Waals surface area contributed by atoms with E-state index in [9.17, 15) is 4.79 Å². The minimum Gasteiger partial charge on any atom is -0.337 e. The summed E-state index contributed by atoms with van der Waals surface area (Å²) in [6.45, 7) is 8.85. The zero-order valence-corrected chi connectivity index (χ0v) is 14.5. The lowest BCUT2D eigenvalue weighted by molar-refractivity contribution is -0.133. The van der Waals surface area contributed by atoms with Crippen LogP contribution in [0.1, 0.15) is 16.9 Å². The first-order valence-electron chi connectivity index (χ1n) is 8.80. The summed E-state index contributed by atoms with van der Waals surface area (Å²) in [5.41, 5.74) is 1.35. The SMILES string of the molecule is O=C(CN1CCN(C2CCNC2)CC1)N1CCc2sccc2C1. The average Bonchev–Trinajstić information content (AvgIpc) is 3.26. The smallest absolute Gasteiger partial charge is 0.237 e. The summed E-state index contributed by atoms with van der Waals surface area (Å²) in [5.74, 6) is 0.304. The van der Waals surface area contributed by atoms with E-state index in [0.29, 0.717) is 18.5 Å². The lowest BCUT2D eigenvalue weighted by Gasteiger charge is -2.38. The number of carbonyl (C=O) groups is 1. The lowest BCUT2D eigenvalue weighted by atomic mass is 10.1. The first-order valence-corrected chi connectivity index (χ1v) is 9.68. The summed E-state index contributed by atoms with van der Waals surface area (Å²) in [6.07, 6.45) is 2.30. The first kappa shape index (κ1) is 15.6. The monoisotopic (exact) mass is 334 g/mol. The Kier molecular flexibility index (Phi) is 4.66. The number of hydrogen-bond acceptors (Lipinski definition) is 5. The van der Waals surface area contributed by atoms with Crippen LogP contribution in [0.25, 0.3) is 0 Å². The van der Waals surface area contributed by atoms with Gasteiger partial charge in [0.1, 0.15) is 0 Å². The molecule has 1 aromatic rings. The van der Waals surface area contributed by atoms with Crippen molar-refractivity contribution >= 4 is 17.2 Å². The fourth-order valence-electron chi connectivity index (χ4n) is 3.99. The summed E-state index contributed by atoms with van der Waals surface area (Å²) in [4.78, 5) is 21.0. The Morgan fingerprint density at radius 1 is 1.26 bits per heavy atom. The van der Waals surface area contributed by atoms with Crippen molar-refractivity contribution in [1.82, 2.24) is 20.0 Å². The second-order valence-corrected chi connectivity index (χ2v) is 7.89. The molecule has 0 bridgehead atoms. The Morgan fingerprint density at radius 3 is 2.91 bits per heavy atom. The van der Waals surface area contributed by atoms with Crippen LogP contribution in [0.2, 0.25) is 0 Å². The van der Waals surface area contributed by atoms with Gasteiger partial charge in [-0.15, -0.1) is 11.3 Å². The standard InChI is InChI=1S/C17H26N4OS/c22-17(21-5-2-16-14(12-21)3-10-23-16)13-19-6-8-20(9-7-19)15-1-4-18-11-15/h3,10,15,18H,1-2,4-9,11-13H2. The summed E-state index contributed by atoms with van der Waals surface area (Å²) >= 11 is 1.83. The molecule has 3 aliphatic heterocycles. The van der Waals surface area contributed by atoms with E-state index in [1.807, 2.05) is 16.2 Å². The fourth-order valence-corrected chi connectivity index (χ4v) is 4.88. The van der Waals surface area contributed by atoms with Gasteiger partial charge in [0.2, 0.25) is 5.91 Å². The van der Waals surface area contributed by atoms with Gasteiger partial charge in [-0.2, -0.15) is 0 Å². The summed E-state index contributed by atoms with van der Waals surface area (Å²) in [7, 11) is 0. The Morgan fingerprint density at radius 2 is 2.13 bits per heavy atom. The van der Waals surface area contributed by atoms with Gasteiger partial charge in [-0.05, 0) is 36.4 Å². The second kappa shape index (κ2) is 6.89. The molecule has 0 aromatic carbocycles. The molecule has 5 nitrogen and oxygen atoms in total. The van der Waals surface area contributed by atoms with Gasteiger partial charge >= 0.3 is 0 Å². The van der Waals surface area contributed by atoms with Gasteiger partial charge in [0.25, 0.3) is 0 Å². The van der Waals surface area contributed by atoms with E-state index in [2.05, 4.69) is 26.6 Å². The minimum absolute atomic E-state index is 0.304. The van der Waals surface area contributed by atoms with E-state index < -0.39 is 0 Å². The normalized spacial score (nSPS) is 26.4. The van der Waals surface area contributed by atoms with E-state index in [1.54, 1.807) is 0 Å². The molecular weight excluding hydrogens is 308 g/mol. The van der Waals surface area contributed by atoms with Gasteiger partial charge in [-0.1, -0.05) is 0 Å². The molecule has 1 N–H and O–H groups in total. The van der Waals surface area contributed by atoms with Gasteiger partial charge in [-0.3, -0.25) is 14.6 Å². The van der Waals surface area contributed by atoms with Crippen LogP contribution in [0.5, 0.6) is 0 Å². The zero-order chi connectivity index (χ0) is 15.6. The maximum atomic E-state index is 12.6. The molecule has 2 fully saturated rings. The molecule has 1 amide bonds. The Balaban J connectivity index is 1.25. The van der Waals surface area contributed by atoms with Gasteiger partial charge in [0.05, 0.1) is 6.54 Å². The number of carbonyl (C=O) groups excluding carboxylic acids is 1. The van der Waals surface area contributed by atoms with Crippen LogP contribution in [0.3, 0.4) is 0 Å². The van der Waals surface area contributed by atoms with E-state index in [-0.39, 0.29) is 0 Å². The zero-order valence-electron chi connectivity index (χ0n) is 13.7. The highest BCUT2D eigenvalue weighted by molar-refractivity contribution is 7.10. The molecule has 0 saturated carbocycles. The van der Waals surface area contributed by atoms with Crippen molar-refractivity contribution in [2.75, 3.05) is 52.4 Å². The lowest BCUT2D eigenvalue weighted by Crippen LogP contribution is -2.53. The number of fused-ring (bicyclic) bond motifs is 1. The summed E-state index contributed by atoms with van der Waals surface area (Å²) < 4.78 is 0. The van der Waals surface area contributed by atoms with Crippen molar-refractivity contribution in [3.63, 3.8) is 0 Å². The van der Waals surface area contributed by atoms with Crippen molar-refractivity contribution in [2.24, 2.45) is 0 Å². The Labute approximate surface area is 142 Å². The molecule has 3 aliphatic rings. The third kappa shape index (κ3) is 3.45. The molecule has 1 aromatic heterocycles. The number of nitrogens with zero attached hydrogens (tertiary/aromatic N) is 3. The van der Waals surface area contributed by atoms with Crippen LogP contribution in [0.4, 0.5) is 0 Å². The van der Waals surface area contributed by atoms with Crippen LogP contribution < -0.4 is 5.32 Å². The third-order valence-electron chi connectivity index (χ3n) is 5.48. The first-order chi connectivity index (χ1) is 11.3. The molecule has 4 rings (SSSR count). The van der Waals surface area contributed by atoms with Crippen molar-refractivity contribution < 1.29 is 4.79 Å². The molecule has 4 heterocycles. The predicted octanol–water partition coefficient (Wildman–Crippen LogP) is 0.612. The van der Waals surface area contributed by atoms with Crippen LogP contribution >= 0.6 is 11.3 Å². The third-order valence-corrected chi connectivity index (χ3v) is 6.50. The van der Waals surface area contributed by atoms with Crippen molar-refractivity contribution in [1.29, 1.82) is 0 Å². The van der Waals surface area contributed by atoms with Gasteiger partial charge < -0.3 is 10.2 Å². The number of rotatable bonds is 3. The highest BCUT2D eigenvalue weighted by atomic mass is 32.1. The molecule has 126 valence electrons. The van der Waals surface area contributed by atoms with Crippen LogP contribution in [-0.4, -0.2) is 79.0 Å². The van der Waals surface area contributed by atoms with E-state index >= 15 is 0 Å². The largest absolute Gasteiger partial charge is 0.337 e. The van der Waals surface area contributed by atoms with Crippen LogP contribution in [0, 0.1) is 0 Å². The van der Waals surface area contributed by atoms with Gasteiger partial charge in [0.15, 0.2) is 0 Å². The van der Waals surface area contributed by atoms with Crippen LogP contribution in [0.15, 0.2) is 11.4 Å². The Hall–Kier alpha value is -0.950. The predicted molar refractivity (Wildman–Crippen MR) is 92.7 cm³/mol. The maximum absolute atomic E-state index is 12.6. The van der Waals surface area contributed by atoms with Crippen molar-refractivity contribution in [3.05, 3.63) is 21.9 Å². The summed E-state index contributed by atoms with van der Waals surface area (Å²) in [6, 6.07) is 2.89. The number of amides is 1. The molecule has 0 aliphatic carbocycles. The molecule has 0 radical (unpaired) electrons. The fraction of sp³-hybridized carbons (Fsp3) is 0.706. The number of nitrogens with one attached hydrogen (secondary N) is 1. The molecule has 1 unspecified atom stereocenters. The number of piperazine rings is 1. The van der Waals surface area contributed by atoms with E-state index in [1.165, 1.54) is 16.9 Å². The molecule has 1 atom stereocenters. The Bertz CT molecular complexity index is 547. The van der Waals surface area contributed by atoms with Crippen molar-refractivity contribution in [3.8, 4) is 0 Å². The van der Waals surface area contributed by atoms with Crippen molar-refractivity contribution in [2.45, 2.75) is 25.4 Å². The number of hydrogen-bond donors (Lipinski definition) is 1. The van der Waals surface area contributed by atoms with Gasteiger partial charge in [0, 0.05) is 56.7 Å².